The Morgan fingerprint density at radius 1 is 1.83 bits per heavy atom. The molecule has 0 amide bonds. The third kappa shape index (κ3) is 2.54. The van der Waals surface area contributed by atoms with Gasteiger partial charge in [0, 0.05) is 6.61 Å². The van der Waals surface area contributed by atoms with Crippen molar-refractivity contribution in [1.29, 1.82) is 0 Å². The summed E-state index contributed by atoms with van der Waals surface area (Å²) in [5.74, 6) is 1.13. The summed E-state index contributed by atoms with van der Waals surface area (Å²) in [4.78, 5) is 0. The highest BCUT2D eigenvalue weighted by Gasteiger charge is 1.90. The standard InChI is InChI=1S/C4H10OS/c1-4(2-5)3-6/h4-6H,2-3H2,1H3/t4-/m1/s1. The molecular weight excluding hydrogens is 96.1 g/mol. The van der Waals surface area contributed by atoms with Crippen molar-refractivity contribution in [2.75, 3.05) is 12.4 Å². The van der Waals surface area contributed by atoms with E-state index < -0.39 is 0 Å². The number of hydrogen-bond donors (Lipinski definition) is 2. The van der Waals surface area contributed by atoms with Crippen molar-refractivity contribution in [3.63, 3.8) is 0 Å². The summed E-state index contributed by atoms with van der Waals surface area (Å²) in [7, 11) is 0. The van der Waals surface area contributed by atoms with Gasteiger partial charge in [-0.25, -0.2) is 0 Å². The lowest BCUT2D eigenvalue weighted by atomic mass is 10.2. The number of aliphatic hydroxyl groups is 1. The van der Waals surface area contributed by atoms with E-state index in [9.17, 15) is 0 Å². The quantitative estimate of drug-likeness (QED) is 0.492. The highest BCUT2D eigenvalue weighted by atomic mass is 32.1. The maximum Gasteiger partial charge on any atom is 0.0464 e. The summed E-state index contributed by atoms with van der Waals surface area (Å²) in [5.41, 5.74) is 0. The smallest absolute Gasteiger partial charge is 0.0464 e. The Labute approximate surface area is 43.8 Å². The van der Waals surface area contributed by atoms with Crippen molar-refractivity contribution < 1.29 is 5.11 Å². The molecular formula is C4H10OS. The summed E-state index contributed by atoms with van der Waals surface area (Å²) >= 11 is 3.94. The zero-order valence-electron chi connectivity index (χ0n) is 3.89. The summed E-state index contributed by atoms with van der Waals surface area (Å²) in [6.07, 6.45) is 0. The zero-order valence-corrected chi connectivity index (χ0v) is 4.78. The monoisotopic (exact) mass is 106 g/mol. The van der Waals surface area contributed by atoms with Crippen LogP contribution < -0.4 is 0 Å². The van der Waals surface area contributed by atoms with Crippen molar-refractivity contribution >= 4 is 12.6 Å². The van der Waals surface area contributed by atoms with Crippen molar-refractivity contribution in [3.05, 3.63) is 0 Å². The second-order valence-electron chi connectivity index (χ2n) is 1.47. The van der Waals surface area contributed by atoms with E-state index in [2.05, 4.69) is 12.6 Å². The predicted molar refractivity (Wildman–Crippen MR) is 30.1 cm³/mol. The van der Waals surface area contributed by atoms with Crippen LogP contribution in [0.3, 0.4) is 0 Å². The summed E-state index contributed by atoms with van der Waals surface area (Å²) in [5, 5.41) is 8.29. The molecule has 0 saturated carbocycles. The second kappa shape index (κ2) is 3.50. The summed E-state index contributed by atoms with van der Waals surface area (Å²) in [6.45, 7) is 2.20. The van der Waals surface area contributed by atoms with Crippen LogP contribution in [0.15, 0.2) is 0 Å². The fourth-order valence-corrected chi connectivity index (χ4v) is 0.173. The number of thiol groups is 1. The Bertz CT molecular complexity index is 26.7. The Kier molecular flexibility index (Phi) is 3.68. The first kappa shape index (κ1) is 6.31. The molecule has 6 heavy (non-hydrogen) atoms. The van der Waals surface area contributed by atoms with E-state index in [1.54, 1.807) is 0 Å². The molecule has 0 aliphatic rings. The number of aliphatic hydroxyl groups excluding tert-OH is 1. The van der Waals surface area contributed by atoms with Gasteiger partial charge in [0.25, 0.3) is 0 Å². The molecule has 0 rings (SSSR count). The highest BCUT2D eigenvalue weighted by Crippen LogP contribution is 1.92. The number of rotatable bonds is 2. The van der Waals surface area contributed by atoms with E-state index in [4.69, 9.17) is 5.11 Å². The van der Waals surface area contributed by atoms with Gasteiger partial charge >= 0.3 is 0 Å². The van der Waals surface area contributed by atoms with Gasteiger partial charge in [0.05, 0.1) is 0 Å². The first-order chi connectivity index (χ1) is 2.81. The highest BCUT2D eigenvalue weighted by molar-refractivity contribution is 7.80. The minimum absolute atomic E-state index is 0.253. The molecule has 0 aliphatic carbocycles. The van der Waals surface area contributed by atoms with E-state index >= 15 is 0 Å². The van der Waals surface area contributed by atoms with Crippen LogP contribution >= 0.6 is 12.6 Å². The molecule has 0 aromatic rings. The molecule has 0 aromatic carbocycles. The Morgan fingerprint density at radius 3 is 2.33 bits per heavy atom. The molecule has 0 bridgehead atoms. The SMILES string of the molecule is C[C@H](CO)CS. The fourth-order valence-electron chi connectivity index (χ4n) is 0.0577. The van der Waals surface area contributed by atoms with Gasteiger partial charge in [0.1, 0.15) is 0 Å². The zero-order chi connectivity index (χ0) is 4.99. The van der Waals surface area contributed by atoms with Crippen LogP contribution in [0.25, 0.3) is 0 Å². The van der Waals surface area contributed by atoms with E-state index in [1.165, 1.54) is 0 Å². The Balaban J connectivity index is 2.75. The van der Waals surface area contributed by atoms with Gasteiger partial charge in [-0.15, -0.1) is 0 Å². The molecule has 2 heteroatoms. The molecule has 0 fully saturated rings. The maximum absolute atomic E-state index is 8.29. The van der Waals surface area contributed by atoms with Crippen LogP contribution in [0.5, 0.6) is 0 Å². The van der Waals surface area contributed by atoms with Crippen LogP contribution in [-0.4, -0.2) is 17.5 Å². The van der Waals surface area contributed by atoms with Crippen molar-refractivity contribution in [2.45, 2.75) is 6.92 Å². The van der Waals surface area contributed by atoms with Crippen molar-refractivity contribution in [3.8, 4) is 0 Å². The minimum Gasteiger partial charge on any atom is -0.396 e. The molecule has 0 radical (unpaired) electrons. The fraction of sp³-hybridized carbons (Fsp3) is 1.00. The molecule has 0 saturated heterocycles. The number of hydrogen-bond acceptors (Lipinski definition) is 2. The van der Waals surface area contributed by atoms with Crippen LogP contribution in [0, 0.1) is 5.92 Å². The molecule has 0 unspecified atom stereocenters. The average Bonchev–Trinajstić information content (AvgIpc) is 1.65. The van der Waals surface area contributed by atoms with Gasteiger partial charge in [-0.1, -0.05) is 6.92 Å². The van der Waals surface area contributed by atoms with Gasteiger partial charge in [-0.05, 0) is 11.7 Å². The third-order valence-electron chi connectivity index (χ3n) is 0.623. The topological polar surface area (TPSA) is 20.2 Å². The molecule has 0 aliphatic heterocycles. The minimum atomic E-state index is 0.253. The summed E-state index contributed by atoms with van der Waals surface area (Å²) in [6, 6.07) is 0. The van der Waals surface area contributed by atoms with Crippen LogP contribution in [0.1, 0.15) is 6.92 Å². The van der Waals surface area contributed by atoms with Crippen LogP contribution in [0.2, 0.25) is 0 Å². The van der Waals surface area contributed by atoms with E-state index in [0.29, 0.717) is 5.92 Å². The van der Waals surface area contributed by atoms with Gasteiger partial charge < -0.3 is 5.11 Å². The Hall–Kier alpha value is 0.310. The van der Waals surface area contributed by atoms with Crippen molar-refractivity contribution in [1.82, 2.24) is 0 Å². The van der Waals surface area contributed by atoms with Crippen LogP contribution in [-0.2, 0) is 0 Å². The predicted octanol–water partition coefficient (Wildman–Crippen LogP) is 0.545. The molecule has 0 spiro atoms. The Morgan fingerprint density at radius 2 is 2.33 bits per heavy atom. The van der Waals surface area contributed by atoms with E-state index in [-0.39, 0.29) is 6.61 Å². The lowest BCUT2D eigenvalue weighted by molar-refractivity contribution is 0.251. The lowest BCUT2D eigenvalue weighted by Crippen LogP contribution is -2.00. The first-order valence-electron chi connectivity index (χ1n) is 2.03. The molecule has 1 N–H and O–H groups in total. The first-order valence-corrected chi connectivity index (χ1v) is 2.66. The van der Waals surface area contributed by atoms with Crippen molar-refractivity contribution in [2.24, 2.45) is 5.92 Å². The van der Waals surface area contributed by atoms with Crippen LogP contribution in [0.4, 0.5) is 0 Å². The summed E-state index contributed by atoms with van der Waals surface area (Å²) < 4.78 is 0. The molecule has 38 valence electrons. The molecule has 0 aromatic heterocycles. The second-order valence-corrected chi connectivity index (χ2v) is 1.84. The van der Waals surface area contributed by atoms with Gasteiger partial charge in [0.2, 0.25) is 0 Å². The largest absolute Gasteiger partial charge is 0.396 e. The van der Waals surface area contributed by atoms with Gasteiger partial charge in [-0.2, -0.15) is 12.6 Å². The third-order valence-corrected chi connectivity index (χ3v) is 1.25. The van der Waals surface area contributed by atoms with E-state index in [0.717, 1.165) is 5.75 Å². The molecule has 1 atom stereocenters. The van der Waals surface area contributed by atoms with Gasteiger partial charge in [-0.3, -0.25) is 0 Å². The average molecular weight is 106 g/mol. The molecule has 1 nitrogen and oxygen atoms in total. The maximum atomic E-state index is 8.29. The van der Waals surface area contributed by atoms with E-state index in [1.807, 2.05) is 6.92 Å². The normalized spacial score (nSPS) is 14.5. The molecule has 0 heterocycles. The van der Waals surface area contributed by atoms with Gasteiger partial charge in [0.15, 0.2) is 0 Å². The lowest BCUT2D eigenvalue weighted by Gasteiger charge is -1.97.